The first-order valence-corrected chi connectivity index (χ1v) is 8.18. The van der Waals surface area contributed by atoms with Crippen molar-refractivity contribution in [3.05, 3.63) is 59.4 Å². The highest BCUT2D eigenvalue weighted by Crippen LogP contribution is 2.47. The molecule has 128 valence electrons. The van der Waals surface area contributed by atoms with Crippen LogP contribution in [0.5, 0.6) is 5.75 Å². The summed E-state index contributed by atoms with van der Waals surface area (Å²) in [5.41, 5.74) is 0.614. The van der Waals surface area contributed by atoms with E-state index in [1.165, 1.54) is 6.07 Å². The molecule has 1 unspecified atom stereocenters. The van der Waals surface area contributed by atoms with Crippen molar-refractivity contribution in [1.82, 2.24) is 5.32 Å². The number of rotatable bonds is 3. The Morgan fingerprint density at radius 3 is 2.72 bits per heavy atom. The molecule has 2 aromatic carbocycles. The second-order valence-corrected chi connectivity index (χ2v) is 6.45. The Labute approximate surface area is 144 Å². The molecule has 2 N–H and O–H groups in total. The minimum absolute atomic E-state index is 0.255. The Morgan fingerprint density at radius 1 is 1.24 bits per heavy atom. The van der Waals surface area contributed by atoms with E-state index in [1.54, 1.807) is 43.3 Å². The number of hydrogen-bond donors (Lipinski definition) is 2. The Balaban J connectivity index is 1.64. The molecule has 0 aromatic heterocycles. The normalized spacial score (nSPS) is 20.1. The van der Waals surface area contributed by atoms with Crippen molar-refractivity contribution >= 4 is 17.5 Å². The van der Waals surface area contributed by atoms with Crippen molar-refractivity contribution in [2.24, 2.45) is 0 Å². The molecule has 1 aliphatic heterocycles. The first-order valence-electron chi connectivity index (χ1n) is 8.18. The molecule has 5 nitrogen and oxygen atoms in total. The van der Waals surface area contributed by atoms with Crippen LogP contribution in [0.4, 0.5) is 10.1 Å². The lowest BCUT2D eigenvalue weighted by Gasteiger charge is -2.26. The molecule has 2 aromatic rings. The van der Waals surface area contributed by atoms with Crippen LogP contribution in [0.25, 0.3) is 0 Å². The monoisotopic (exact) mass is 340 g/mol. The molecule has 1 aliphatic carbocycles. The SMILES string of the molecule is CC1Oc2c(cccc2C(=O)NC2(c3ccccc3F)CC2)NC1=O. The van der Waals surface area contributed by atoms with Crippen LogP contribution in [0.15, 0.2) is 42.5 Å². The minimum Gasteiger partial charge on any atom is -0.478 e. The maximum atomic E-state index is 14.1. The first-order chi connectivity index (χ1) is 12.0. The zero-order valence-corrected chi connectivity index (χ0v) is 13.6. The second-order valence-electron chi connectivity index (χ2n) is 6.45. The predicted molar refractivity (Wildman–Crippen MR) is 89.9 cm³/mol. The zero-order chi connectivity index (χ0) is 17.6. The summed E-state index contributed by atoms with van der Waals surface area (Å²) < 4.78 is 19.7. The van der Waals surface area contributed by atoms with E-state index in [0.717, 1.165) is 0 Å². The van der Waals surface area contributed by atoms with Gasteiger partial charge in [-0.25, -0.2) is 4.39 Å². The fourth-order valence-corrected chi connectivity index (χ4v) is 3.13. The maximum absolute atomic E-state index is 14.1. The lowest BCUT2D eigenvalue weighted by molar-refractivity contribution is -0.122. The number of benzene rings is 2. The number of amides is 2. The van der Waals surface area contributed by atoms with Crippen LogP contribution in [0.2, 0.25) is 0 Å². The van der Waals surface area contributed by atoms with Crippen LogP contribution in [-0.2, 0) is 10.3 Å². The number of fused-ring (bicyclic) bond motifs is 1. The highest BCUT2D eigenvalue weighted by atomic mass is 19.1. The summed E-state index contributed by atoms with van der Waals surface area (Å²) in [6.07, 6.45) is 0.689. The molecule has 4 rings (SSSR count). The van der Waals surface area contributed by atoms with Gasteiger partial charge in [-0.15, -0.1) is 0 Å². The van der Waals surface area contributed by atoms with E-state index >= 15 is 0 Å². The molecule has 1 saturated carbocycles. The van der Waals surface area contributed by atoms with Gasteiger partial charge in [0.15, 0.2) is 11.9 Å². The van der Waals surface area contributed by atoms with Crippen LogP contribution in [-0.4, -0.2) is 17.9 Å². The van der Waals surface area contributed by atoms with Gasteiger partial charge in [0.2, 0.25) is 0 Å². The van der Waals surface area contributed by atoms with Crippen molar-refractivity contribution in [2.45, 2.75) is 31.4 Å². The number of carbonyl (C=O) groups excluding carboxylic acids is 2. The molecule has 2 amide bonds. The fourth-order valence-electron chi connectivity index (χ4n) is 3.13. The van der Waals surface area contributed by atoms with Gasteiger partial charge >= 0.3 is 0 Å². The average molecular weight is 340 g/mol. The van der Waals surface area contributed by atoms with Crippen LogP contribution in [0.1, 0.15) is 35.7 Å². The van der Waals surface area contributed by atoms with Crippen molar-refractivity contribution in [1.29, 1.82) is 0 Å². The summed E-state index contributed by atoms with van der Waals surface area (Å²) in [5, 5.41) is 5.67. The molecule has 1 heterocycles. The quantitative estimate of drug-likeness (QED) is 0.903. The summed E-state index contributed by atoms with van der Waals surface area (Å²) in [7, 11) is 0. The Morgan fingerprint density at radius 2 is 2.00 bits per heavy atom. The van der Waals surface area contributed by atoms with Gasteiger partial charge in [0.25, 0.3) is 11.8 Å². The van der Waals surface area contributed by atoms with Crippen molar-refractivity contribution in [2.75, 3.05) is 5.32 Å². The van der Waals surface area contributed by atoms with E-state index in [0.29, 0.717) is 35.4 Å². The summed E-state index contributed by atoms with van der Waals surface area (Å²) in [6.45, 7) is 1.62. The van der Waals surface area contributed by atoms with E-state index in [1.807, 2.05) is 0 Å². The minimum atomic E-state index is -0.678. The highest BCUT2D eigenvalue weighted by Gasteiger charge is 2.47. The highest BCUT2D eigenvalue weighted by molar-refractivity contribution is 6.04. The van der Waals surface area contributed by atoms with Crippen LogP contribution in [0.3, 0.4) is 0 Å². The van der Waals surface area contributed by atoms with Gasteiger partial charge in [-0.1, -0.05) is 24.3 Å². The topological polar surface area (TPSA) is 67.4 Å². The van der Waals surface area contributed by atoms with Crippen LogP contribution >= 0.6 is 0 Å². The Bertz CT molecular complexity index is 877. The Hall–Kier alpha value is -2.89. The van der Waals surface area contributed by atoms with Gasteiger partial charge in [-0.2, -0.15) is 0 Å². The number of hydrogen-bond acceptors (Lipinski definition) is 3. The van der Waals surface area contributed by atoms with E-state index in [-0.39, 0.29) is 17.6 Å². The number of nitrogens with one attached hydrogen (secondary N) is 2. The van der Waals surface area contributed by atoms with E-state index < -0.39 is 11.6 Å². The summed E-state index contributed by atoms with van der Waals surface area (Å²) in [6, 6.07) is 11.5. The molecule has 6 heteroatoms. The van der Waals surface area contributed by atoms with E-state index in [4.69, 9.17) is 4.74 Å². The van der Waals surface area contributed by atoms with Crippen molar-refractivity contribution in [3.8, 4) is 5.75 Å². The lowest BCUT2D eigenvalue weighted by Crippen LogP contribution is -2.38. The molecule has 0 radical (unpaired) electrons. The Kier molecular flexibility index (Phi) is 3.49. The third-order valence-corrected chi connectivity index (χ3v) is 4.67. The van der Waals surface area contributed by atoms with Gasteiger partial charge in [-0.3, -0.25) is 9.59 Å². The van der Waals surface area contributed by atoms with Gasteiger partial charge in [0, 0.05) is 5.56 Å². The van der Waals surface area contributed by atoms with Gasteiger partial charge in [0.05, 0.1) is 16.8 Å². The van der Waals surface area contributed by atoms with Gasteiger partial charge < -0.3 is 15.4 Å². The van der Waals surface area contributed by atoms with E-state index in [2.05, 4.69) is 10.6 Å². The summed E-state index contributed by atoms with van der Waals surface area (Å²) >= 11 is 0. The van der Waals surface area contributed by atoms with Gasteiger partial charge in [-0.05, 0) is 38.0 Å². The predicted octanol–water partition coefficient (Wildman–Crippen LogP) is 2.96. The zero-order valence-electron chi connectivity index (χ0n) is 13.6. The molecule has 1 atom stereocenters. The lowest BCUT2D eigenvalue weighted by atomic mass is 10.0. The fraction of sp³-hybridized carbons (Fsp3) is 0.263. The largest absolute Gasteiger partial charge is 0.478 e. The third kappa shape index (κ3) is 2.63. The smallest absolute Gasteiger partial charge is 0.265 e. The molecule has 25 heavy (non-hydrogen) atoms. The van der Waals surface area contributed by atoms with Crippen LogP contribution < -0.4 is 15.4 Å². The average Bonchev–Trinajstić information content (AvgIpc) is 3.36. The first kappa shape index (κ1) is 15.6. The molecule has 1 fully saturated rings. The molecular formula is C19H17FN2O3. The number of carbonyl (C=O) groups is 2. The standard InChI is InChI=1S/C19H17FN2O3/c1-11-17(23)21-15-8-4-5-12(16(15)25-11)18(24)22-19(9-10-19)13-6-2-3-7-14(13)20/h2-8,11H,9-10H2,1H3,(H,21,23)(H,22,24). The molecule has 2 aliphatic rings. The third-order valence-electron chi connectivity index (χ3n) is 4.67. The molecule has 0 bridgehead atoms. The number of ether oxygens (including phenoxy) is 1. The van der Waals surface area contributed by atoms with Crippen LogP contribution in [0, 0.1) is 5.82 Å². The molecule has 0 saturated heterocycles. The van der Waals surface area contributed by atoms with Crippen molar-refractivity contribution < 1.29 is 18.7 Å². The summed E-state index contributed by atoms with van der Waals surface area (Å²) in [4.78, 5) is 24.5. The maximum Gasteiger partial charge on any atom is 0.265 e. The number of para-hydroxylation sites is 1. The number of anilines is 1. The second kappa shape index (κ2) is 5.58. The van der Waals surface area contributed by atoms with E-state index in [9.17, 15) is 14.0 Å². The molecule has 0 spiro atoms. The number of halogens is 1. The summed E-state index contributed by atoms with van der Waals surface area (Å²) in [5.74, 6) is -0.583. The van der Waals surface area contributed by atoms with Gasteiger partial charge in [0.1, 0.15) is 5.82 Å². The van der Waals surface area contributed by atoms with Crippen molar-refractivity contribution in [3.63, 3.8) is 0 Å². The molecular weight excluding hydrogens is 323 g/mol.